The van der Waals surface area contributed by atoms with Gasteiger partial charge in [-0.1, -0.05) is 0 Å². The molecule has 84 valence electrons. The molecule has 0 radical (unpaired) electrons. The van der Waals surface area contributed by atoms with Gasteiger partial charge in [0, 0.05) is 17.1 Å². The number of nitrogens with one attached hydrogen (secondary N) is 1. The monoisotopic (exact) mass is 217 g/mol. The third-order valence-electron chi connectivity index (χ3n) is 3.34. The maximum atomic E-state index is 5.83. The molecular weight excluding hydrogens is 200 g/mol. The summed E-state index contributed by atoms with van der Waals surface area (Å²) in [6.45, 7) is 2.89. The molecule has 3 rings (SSSR count). The predicted molar refractivity (Wildman–Crippen MR) is 64.5 cm³/mol. The molecule has 16 heavy (non-hydrogen) atoms. The lowest BCUT2D eigenvalue weighted by molar-refractivity contribution is -0.902. The number of hydrogen-bond acceptors (Lipinski definition) is 1. The van der Waals surface area contributed by atoms with E-state index in [-0.39, 0.29) is 0 Å². The summed E-state index contributed by atoms with van der Waals surface area (Å²) in [5.41, 5.74) is 2.53. The third kappa shape index (κ3) is 1.48. The Hall–Kier alpha value is -1.48. The number of aromatic nitrogens is 1. The van der Waals surface area contributed by atoms with E-state index < -0.39 is 0 Å². The lowest BCUT2D eigenvalue weighted by Gasteiger charge is -2.27. The first-order valence-electron chi connectivity index (χ1n) is 5.69. The van der Waals surface area contributed by atoms with Gasteiger partial charge in [-0.05, 0) is 18.2 Å². The number of benzene rings is 1. The van der Waals surface area contributed by atoms with Crippen LogP contribution in [0.25, 0.3) is 10.9 Å². The molecule has 0 spiro atoms. The van der Waals surface area contributed by atoms with Crippen LogP contribution in [0.1, 0.15) is 5.56 Å². The molecule has 1 aromatic carbocycles. The van der Waals surface area contributed by atoms with Crippen molar-refractivity contribution in [3.63, 3.8) is 0 Å². The lowest BCUT2D eigenvalue weighted by Crippen LogP contribution is -2.40. The molecule has 0 bridgehead atoms. The number of aromatic amines is 1. The summed E-state index contributed by atoms with van der Waals surface area (Å²) < 4.78 is 6.82. The van der Waals surface area contributed by atoms with Gasteiger partial charge in [-0.2, -0.15) is 0 Å². The van der Waals surface area contributed by atoms with Gasteiger partial charge in [0.05, 0.1) is 19.7 Å². The minimum absolute atomic E-state index is 0.802. The first kappa shape index (κ1) is 9.73. The van der Waals surface area contributed by atoms with E-state index in [1.165, 1.54) is 16.5 Å². The Morgan fingerprint density at radius 2 is 2.12 bits per heavy atom. The van der Waals surface area contributed by atoms with Gasteiger partial charge in [-0.25, -0.2) is 0 Å². The van der Waals surface area contributed by atoms with Gasteiger partial charge >= 0.3 is 0 Å². The van der Waals surface area contributed by atoms with Crippen LogP contribution in [-0.4, -0.2) is 36.7 Å². The molecule has 1 aromatic heterocycles. The zero-order chi connectivity index (χ0) is 11.2. The van der Waals surface area contributed by atoms with Crippen LogP contribution in [0.4, 0.5) is 0 Å². The average Bonchev–Trinajstić information content (AvgIpc) is 2.63. The summed E-state index contributed by atoms with van der Waals surface area (Å²) in [4.78, 5) is 3.25. The van der Waals surface area contributed by atoms with Crippen LogP contribution in [0.15, 0.2) is 24.4 Å². The Labute approximate surface area is 95.2 Å². The maximum Gasteiger partial charge on any atom is 0.137 e. The van der Waals surface area contributed by atoms with E-state index >= 15 is 0 Å². The molecule has 0 amide bonds. The average molecular weight is 217 g/mol. The second kappa shape index (κ2) is 3.25. The lowest BCUT2D eigenvalue weighted by atomic mass is 10.1. The largest absolute Gasteiger partial charge is 0.487 e. The van der Waals surface area contributed by atoms with Crippen molar-refractivity contribution in [1.82, 2.24) is 4.98 Å². The molecule has 3 heteroatoms. The van der Waals surface area contributed by atoms with Gasteiger partial charge in [0.15, 0.2) is 0 Å². The highest BCUT2D eigenvalue weighted by molar-refractivity contribution is 5.85. The summed E-state index contributed by atoms with van der Waals surface area (Å²) in [5.74, 6) is 1.05. The summed E-state index contributed by atoms with van der Waals surface area (Å²) in [7, 11) is 4.51. The van der Waals surface area contributed by atoms with Crippen molar-refractivity contribution in [2.24, 2.45) is 0 Å². The van der Waals surface area contributed by atoms with E-state index in [1.807, 2.05) is 6.20 Å². The normalized spacial score (nSPS) is 18.9. The second-order valence-electron chi connectivity index (χ2n) is 5.15. The number of ether oxygens (including phenoxy) is 1. The number of likely N-dealkylation sites (N-methyl/N-ethyl adjacent to an activating group) is 1. The second-order valence-corrected chi connectivity index (χ2v) is 5.15. The van der Waals surface area contributed by atoms with Gasteiger partial charge in [-0.3, -0.25) is 0 Å². The Balaban J connectivity index is 2.21. The molecule has 0 saturated heterocycles. The quantitative estimate of drug-likeness (QED) is 0.672. The maximum absolute atomic E-state index is 5.83. The molecule has 0 aliphatic carbocycles. The number of rotatable bonds is 0. The number of quaternary nitrogens is 1. The van der Waals surface area contributed by atoms with Crippen molar-refractivity contribution in [2.75, 3.05) is 27.2 Å². The molecule has 0 saturated carbocycles. The van der Waals surface area contributed by atoms with Crippen LogP contribution in [-0.2, 0) is 6.54 Å². The first-order valence-corrected chi connectivity index (χ1v) is 5.69. The van der Waals surface area contributed by atoms with Crippen LogP contribution < -0.4 is 4.74 Å². The Morgan fingerprint density at radius 1 is 1.25 bits per heavy atom. The molecule has 2 heterocycles. The minimum atomic E-state index is 0.802. The van der Waals surface area contributed by atoms with E-state index in [4.69, 9.17) is 4.74 Å². The summed E-state index contributed by atoms with van der Waals surface area (Å²) in [6.07, 6.45) is 2.00. The van der Waals surface area contributed by atoms with Crippen LogP contribution in [0.5, 0.6) is 5.75 Å². The summed E-state index contributed by atoms with van der Waals surface area (Å²) in [5, 5.41) is 1.30. The molecule has 3 nitrogen and oxygen atoms in total. The topological polar surface area (TPSA) is 25.0 Å². The van der Waals surface area contributed by atoms with E-state index in [1.54, 1.807) is 0 Å². The fourth-order valence-corrected chi connectivity index (χ4v) is 2.38. The highest BCUT2D eigenvalue weighted by atomic mass is 16.5. The van der Waals surface area contributed by atoms with Crippen molar-refractivity contribution in [2.45, 2.75) is 6.54 Å². The van der Waals surface area contributed by atoms with Gasteiger partial charge in [0.25, 0.3) is 0 Å². The van der Waals surface area contributed by atoms with Crippen LogP contribution in [0.2, 0.25) is 0 Å². The van der Waals surface area contributed by atoms with E-state index in [0.29, 0.717) is 0 Å². The summed E-state index contributed by atoms with van der Waals surface area (Å²) >= 11 is 0. The standard InChI is InChI=1S/C13H17N2O/c1-15(2)7-8-16-13-4-3-12-10(5-6-14-12)11(13)9-15/h3-6,14H,7-9H2,1-2H3/q+1. The zero-order valence-electron chi connectivity index (χ0n) is 9.79. The van der Waals surface area contributed by atoms with Gasteiger partial charge in [0.2, 0.25) is 0 Å². The fourth-order valence-electron chi connectivity index (χ4n) is 2.38. The highest BCUT2D eigenvalue weighted by Gasteiger charge is 2.24. The van der Waals surface area contributed by atoms with E-state index in [0.717, 1.165) is 29.9 Å². The van der Waals surface area contributed by atoms with Crippen molar-refractivity contribution >= 4 is 10.9 Å². The fraction of sp³-hybridized carbons (Fsp3) is 0.385. The number of nitrogens with zero attached hydrogens (tertiary/aromatic N) is 1. The molecule has 0 fully saturated rings. The molecular formula is C13H17N2O+. The van der Waals surface area contributed by atoms with E-state index in [9.17, 15) is 0 Å². The van der Waals surface area contributed by atoms with Crippen LogP contribution in [0.3, 0.4) is 0 Å². The Morgan fingerprint density at radius 3 is 3.00 bits per heavy atom. The SMILES string of the molecule is C[N+]1(C)CCOc2ccc3[nH]ccc3c2C1. The molecule has 1 N–H and O–H groups in total. The number of H-pyrrole nitrogens is 1. The minimum Gasteiger partial charge on any atom is -0.487 e. The summed E-state index contributed by atoms with van der Waals surface area (Å²) in [6, 6.07) is 6.32. The van der Waals surface area contributed by atoms with Gasteiger partial charge in [0.1, 0.15) is 25.4 Å². The first-order chi connectivity index (χ1) is 7.66. The van der Waals surface area contributed by atoms with Crippen LogP contribution in [0, 0.1) is 0 Å². The molecule has 0 unspecified atom stereocenters. The Kier molecular flexibility index (Phi) is 1.98. The van der Waals surface area contributed by atoms with Crippen molar-refractivity contribution in [1.29, 1.82) is 0 Å². The molecule has 1 aliphatic rings. The van der Waals surface area contributed by atoms with Crippen molar-refractivity contribution < 1.29 is 9.22 Å². The zero-order valence-corrected chi connectivity index (χ0v) is 9.79. The predicted octanol–water partition coefficient (Wildman–Crippen LogP) is 2.14. The van der Waals surface area contributed by atoms with Gasteiger partial charge < -0.3 is 14.2 Å². The smallest absolute Gasteiger partial charge is 0.137 e. The van der Waals surface area contributed by atoms with Crippen molar-refractivity contribution in [3.8, 4) is 5.75 Å². The van der Waals surface area contributed by atoms with E-state index in [2.05, 4.69) is 37.3 Å². The van der Waals surface area contributed by atoms with Crippen molar-refractivity contribution in [3.05, 3.63) is 30.0 Å². The molecule has 2 aromatic rings. The highest BCUT2D eigenvalue weighted by Crippen LogP contribution is 2.31. The third-order valence-corrected chi connectivity index (χ3v) is 3.34. The van der Waals surface area contributed by atoms with Gasteiger partial charge in [-0.15, -0.1) is 0 Å². The van der Waals surface area contributed by atoms with Crippen LogP contribution >= 0.6 is 0 Å². The molecule has 1 aliphatic heterocycles. The number of fused-ring (bicyclic) bond motifs is 3. The number of hydrogen-bond donors (Lipinski definition) is 1. The Bertz CT molecular complexity index is 528. The molecule has 0 atom stereocenters.